The predicted molar refractivity (Wildman–Crippen MR) is 149 cm³/mol. The number of benzene rings is 4. The molecule has 0 bridgehead atoms. The van der Waals surface area contributed by atoms with Gasteiger partial charge < -0.3 is 12.5 Å². The van der Waals surface area contributed by atoms with Gasteiger partial charge in [0.2, 0.25) is 0 Å². The lowest BCUT2D eigenvalue weighted by molar-refractivity contribution is 0.491. The molecule has 0 radical (unpaired) electrons. The van der Waals surface area contributed by atoms with Gasteiger partial charge >= 0.3 is 30.4 Å². The Morgan fingerprint density at radius 2 is 0.564 bits per heavy atom. The first-order valence-electron chi connectivity index (χ1n) is 11.3. The van der Waals surface area contributed by atoms with Crippen molar-refractivity contribution in [3.63, 3.8) is 0 Å². The molecule has 0 aliphatic heterocycles. The van der Waals surface area contributed by atoms with E-state index in [2.05, 4.69) is 0 Å². The fourth-order valence-electron chi connectivity index (χ4n) is 3.76. The molecule has 0 spiro atoms. The van der Waals surface area contributed by atoms with Gasteiger partial charge in [0.05, 0.1) is 18.8 Å². The summed E-state index contributed by atoms with van der Waals surface area (Å²) in [6, 6.07) is 25.5. The normalized spacial score (nSPS) is 12.1. The lowest BCUT2D eigenvalue weighted by Crippen LogP contribution is -2.05. The molecule has 0 N–H and O–H groups in total. The van der Waals surface area contributed by atoms with Gasteiger partial charge in [0.25, 0.3) is 0 Å². The fraction of sp³-hybridized carbons (Fsp3) is 0.111. The molecule has 0 aliphatic rings. The van der Waals surface area contributed by atoms with Crippen LogP contribution in [0.3, 0.4) is 0 Å². The van der Waals surface area contributed by atoms with Crippen molar-refractivity contribution in [2.75, 3.05) is 18.8 Å². The van der Waals surface area contributed by atoms with Crippen LogP contribution in [0.1, 0.15) is 0 Å². The first-order chi connectivity index (χ1) is 18.1. The molecule has 0 amide bonds. The van der Waals surface area contributed by atoms with Crippen LogP contribution < -0.4 is 12.5 Å². The van der Waals surface area contributed by atoms with Crippen LogP contribution in [-0.2, 0) is 30.4 Å². The second-order valence-electron chi connectivity index (χ2n) is 8.73. The molecular formula is C27H24O9S3. The summed E-state index contributed by atoms with van der Waals surface area (Å²) in [6.07, 6.45) is 2.90. The topological polar surface area (TPSA) is 130 Å². The highest BCUT2D eigenvalue weighted by Gasteiger charge is 2.11. The van der Waals surface area contributed by atoms with Crippen LogP contribution in [-0.4, -0.2) is 44.0 Å². The predicted octanol–water partition coefficient (Wildman–Crippen LogP) is 4.70. The minimum atomic E-state index is -3.67. The van der Waals surface area contributed by atoms with Gasteiger partial charge in [-0.1, -0.05) is 36.4 Å². The van der Waals surface area contributed by atoms with E-state index in [0.717, 1.165) is 52.1 Å². The van der Waals surface area contributed by atoms with Gasteiger partial charge in [-0.15, -0.1) is 0 Å². The van der Waals surface area contributed by atoms with E-state index in [-0.39, 0.29) is 17.2 Å². The maximum atomic E-state index is 11.5. The molecule has 9 nitrogen and oxygen atoms in total. The SMILES string of the molecule is CS(=O)(=O)Oc1ccc(-c2cc(-c3ccc(OS(C)(=O)=O)cc3)cc(-c3ccc(OS(C)(=O)=O)cc3)c2)cc1. The van der Waals surface area contributed by atoms with Crippen molar-refractivity contribution in [2.24, 2.45) is 0 Å². The van der Waals surface area contributed by atoms with Crippen molar-refractivity contribution in [1.82, 2.24) is 0 Å². The van der Waals surface area contributed by atoms with Crippen molar-refractivity contribution in [1.29, 1.82) is 0 Å². The molecule has 0 fully saturated rings. The van der Waals surface area contributed by atoms with E-state index < -0.39 is 30.4 Å². The van der Waals surface area contributed by atoms with E-state index in [0.29, 0.717) is 0 Å². The second kappa shape index (κ2) is 10.7. The smallest absolute Gasteiger partial charge is 0.306 e. The summed E-state index contributed by atoms with van der Waals surface area (Å²) in [4.78, 5) is 0. The Morgan fingerprint density at radius 1 is 0.359 bits per heavy atom. The standard InChI is InChI=1S/C27H24O9S3/c1-37(28,29)34-25-10-4-19(5-11-25)22-16-23(20-6-12-26(13-7-20)35-38(2,30)31)18-24(17-22)21-8-14-27(15-9-21)36-39(3,32)33/h4-18H,1-3H3. The second-order valence-corrected chi connectivity index (χ2v) is 13.5. The molecule has 39 heavy (non-hydrogen) atoms. The molecule has 12 heteroatoms. The zero-order valence-corrected chi connectivity index (χ0v) is 23.5. The van der Waals surface area contributed by atoms with Gasteiger partial charge in [-0.05, 0) is 88.0 Å². The number of rotatable bonds is 9. The van der Waals surface area contributed by atoms with Gasteiger partial charge in [-0.3, -0.25) is 0 Å². The highest BCUT2D eigenvalue weighted by atomic mass is 32.2. The Hall–Kier alpha value is -3.87. The molecular weight excluding hydrogens is 564 g/mol. The van der Waals surface area contributed by atoms with Crippen molar-refractivity contribution >= 4 is 30.4 Å². The first-order valence-corrected chi connectivity index (χ1v) is 16.7. The van der Waals surface area contributed by atoms with Gasteiger partial charge in [0.1, 0.15) is 17.2 Å². The molecule has 4 rings (SSSR count). The summed E-state index contributed by atoms with van der Waals surface area (Å²) in [5, 5.41) is 0. The van der Waals surface area contributed by atoms with Crippen molar-refractivity contribution in [2.45, 2.75) is 0 Å². The molecule has 0 saturated carbocycles. The number of hydrogen-bond acceptors (Lipinski definition) is 9. The summed E-state index contributed by atoms with van der Waals surface area (Å²) in [5.41, 5.74) is 4.78. The Balaban J connectivity index is 1.77. The van der Waals surface area contributed by atoms with Gasteiger partial charge in [0.15, 0.2) is 0 Å². The molecule has 204 valence electrons. The van der Waals surface area contributed by atoms with Crippen LogP contribution >= 0.6 is 0 Å². The van der Waals surface area contributed by atoms with Crippen molar-refractivity contribution in [3.05, 3.63) is 91.0 Å². The van der Waals surface area contributed by atoms with Crippen LogP contribution in [0.4, 0.5) is 0 Å². The lowest BCUT2D eigenvalue weighted by atomic mass is 9.93. The Bertz CT molecular complexity index is 1580. The van der Waals surface area contributed by atoms with Crippen LogP contribution in [0.15, 0.2) is 91.0 Å². The van der Waals surface area contributed by atoms with Crippen LogP contribution in [0.25, 0.3) is 33.4 Å². The highest BCUT2D eigenvalue weighted by molar-refractivity contribution is 7.86. The van der Waals surface area contributed by atoms with E-state index in [4.69, 9.17) is 12.5 Å². The van der Waals surface area contributed by atoms with E-state index in [1.807, 2.05) is 18.2 Å². The average molecular weight is 589 g/mol. The minimum absolute atomic E-state index is 0.181. The van der Waals surface area contributed by atoms with E-state index in [1.165, 1.54) is 0 Å². The van der Waals surface area contributed by atoms with Gasteiger partial charge in [-0.25, -0.2) is 0 Å². The zero-order chi connectivity index (χ0) is 28.4. The molecule has 4 aromatic rings. The monoisotopic (exact) mass is 588 g/mol. The molecule has 0 unspecified atom stereocenters. The quantitative estimate of drug-likeness (QED) is 0.255. The van der Waals surface area contributed by atoms with Crippen LogP contribution in [0, 0.1) is 0 Å². The molecule has 0 atom stereocenters. The summed E-state index contributed by atoms with van der Waals surface area (Å²) >= 11 is 0. The number of hydrogen-bond donors (Lipinski definition) is 0. The summed E-state index contributed by atoms with van der Waals surface area (Å²) in [7, 11) is -11.0. The maximum Gasteiger partial charge on any atom is 0.306 e. The van der Waals surface area contributed by atoms with Gasteiger partial charge in [-0.2, -0.15) is 25.3 Å². The maximum absolute atomic E-state index is 11.5. The Morgan fingerprint density at radius 3 is 0.744 bits per heavy atom. The molecule has 0 aliphatic carbocycles. The molecule has 0 saturated heterocycles. The third kappa shape index (κ3) is 8.31. The van der Waals surface area contributed by atoms with Crippen molar-refractivity contribution in [3.8, 4) is 50.6 Å². The zero-order valence-electron chi connectivity index (χ0n) is 21.1. The van der Waals surface area contributed by atoms with Crippen LogP contribution in [0.2, 0.25) is 0 Å². The minimum Gasteiger partial charge on any atom is -0.383 e. The largest absolute Gasteiger partial charge is 0.383 e. The third-order valence-corrected chi connectivity index (χ3v) is 6.72. The fourth-order valence-corrected chi connectivity index (χ4v) is 5.14. The summed E-state index contributed by atoms with van der Waals surface area (Å²) in [5.74, 6) is 0.543. The highest BCUT2D eigenvalue weighted by Crippen LogP contribution is 2.35. The lowest BCUT2D eigenvalue weighted by Gasteiger charge is -2.13. The van der Waals surface area contributed by atoms with E-state index in [9.17, 15) is 25.3 Å². The van der Waals surface area contributed by atoms with Gasteiger partial charge in [0, 0.05) is 0 Å². The first kappa shape index (κ1) is 28.1. The van der Waals surface area contributed by atoms with E-state index in [1.54, 1.807) is 72.8 Å². The van der Waals surface area contributed by atoms with Crippen LogP contribution in [0.5, 0.6) is 17.2 Å². The molecule has 0 heterocycles. The average Bonchev–Trinajstić information content (AvgIpc) is 2.82. The Kier molecular flexibility index (Phi) is 7.73. The third-order valence-electron chi connectivity index (χ3n) is 5.24. The summed E-state index contributed by atoms with van der Waals surface area (Å²) in [6.45, 7) is 0. The Labute approximate surface area is 228 Å². The molecule has 4 aromatic carbocycles. The molecule has 0 aromatic heterocycles. The van der Waals surface area contributed by atoms with E-state index >= 15 is 0 Å². The summed E-state index contributed by atoms with van der Waals surface area (Å²) < 4.78 is 83.5. The van der Waals surface area contributed by atoms with Crippen molar-refractivity contribution < 1.29 is 37.8 Å².